The first-order valence-corrected chi connectivity index (χ1v) is 6.41. The third-order valence-electron chi connectivity index (χ3n) is 3.11. The van der Waals surface area contributed by atoms with Gasteiger partial charge in [0.05, 0.1) is 11.4 Å². The Morgan fingerprint density at radius 2 is 2.29 bits per heavy atom. The molecule has 0 aliphatic heterocycles. The van der Waals surface area contributed by atoms with E-state index in [1.54, 1.807) is 5.51 Å². The van der Waals surface area contributed by atoms with Crippen LogP contribution >= 0.6 is 11.3 Å². The van der Waals surface area contributed by atoms with Crippen LogP contribution in [0.2, 0.25) is 0 Å². The molecular weight excluding hydrogens is 240 g/mol. The summed E-state index contributed by atoms with van der Waals surface area (Å²) in [6.45, 7) is 1.83. The molecule has 2 rings (SSSR count). The van der Waals surface area contributed by atoms with Crippen LogP contribution in [0.3, 0.4) is 0 Å². The quantitative estimate of drug-likeness (QED) is 0.855. The standard InChI is InChI=1S/C11H14N2O3S/c1-6-9(12-5-17-6)10(14)13-8-4-2-3-7(8)11(15)16/h5,7-8H,2-4H2,1H3,(H,13,14)(H,15,16). The van der Waals surface area contributed by atoms with Gasteiger partial charge >= 0.3 is 5.97 Å². The molecule has 1 saturated carbocycles. The number of nitrogens with one attached hydrogen (secondary N) is 1. The second-order valence-electron chi connectivity index (χ2n) is 4.21. The molecule has 1 amide bonds. The van der Waals surface area contributed by atoms with E-state index in [4.69, 9.17) is 5.11 Å². The van der Waals surface area contributed by atoms with Crippen LogP contribution in [0.4, 0.5) is 0 Å². The summed E-state index contributed by atoms with van der Waals surface area (Å²) in [5, 5.41) is 11.8. The lowest BCUT2D eigenvalue weighted by Crippen LogP contribution is -2.40. The largest absolute Gasteiger partial charge is 0.481 e. The van der Waals surface area contributed by atoms with E-state index in [0.29, 0.717) is 12.1 Å². The Labute approximate surface area is 103 Å². The Morgan fingerprint density at radius 1 is 1.53 bits per heavy atom. The molecule has 1 aliphatic rings. The first-order valence-electron chi connectivity index (χ1n) is 5.53. The van der Waals surface area contributed by atoms with Gasteiger partial charge in [-0.05, 0) is 19.8 Å². The lowest BCUT2D eigenvalue weighted by atomic mass is 10.0. The van der Waals surface area contributed by atoms with Crippen LogP contribution in [0.15, 0.2) is 5.51 Å². The van der Waals surface area contributed by atoms with Crippen molar-refractivity contribution >= 4 is 23.2 Å². The summed E-state index contributed by atoms with van der Waals surface area (Å²) in [7, 11) is 0. The summed E-state index contributed by atoms with van der Waals surface area (Å²) in [5.74, 6) is -1.55. The van der Waals surface area contributed by atoms with Gasteiger partial charge in [-0.3, -0.25) is 9.59 Å². The van der Waals surface area contributed by atoms with Crippen LogP contribution in [-0.4, -0.2) is 28.0 Å². The molecule has 92 valence electrons. The third-order valence-corrected chi connectivity index (χ3v) is 3.87. The topological polar surface area (TPSA) is 79.3 Å². The number of nitrogens with zero attached hydrogens (tertiary/aromatic N) is 1. The normalized spacial score (nSPS) is 23.6. The molecule has 17 heavy (non-hydrogen) atoms. The van der Waals surface area contributed by atoms with Gasteiger partial charge < -0.3 is 10.4 Å². The predicted molar refractivity (Wildman–Crippen MR) is 63.1 cm³/mol. The van der Waals surface area contributed by atoms with E-state index in [2.05, 4.69) is 10.3 Å². The van der Waals surface area contributed by atoms with Crippen LogP contribution < -0.4 is 5.32 Å². The van der Waals surface area contributed by atoms with Crippen molar-refractivity contribution in [1.82, 2.24) is 10.3 Å². The zero-order valence-electron chi connectivity index (χ0n) is 9.47. The van der Waals surface area contributed by atoms with Crippen LogP contribution in [0.5, 0.6) is 0 Å². The summed E-state index contributed by atoms with van der Waals surface area (Å²) in [5.41, 5.74) is 2.03. The minimum Gasteiger partial charge on any atom is -0.481 e. The Hall–Kier alpha value is -1.43. The number of carbonyl (C=O) groups is 2. The third kappa shape index (κ3) is 2.46. The molecule has 2 N–H and O–H groups in total. The molecule has 5 nitrogen and oxygen atoms in total. The number of hydrogen-bond acceptors (Lipinski definition) is 4. The van der Waals surface area contributed by atoms with Gasteiger partial charge in [-0.2, -0.15) is 0 Å². The van der Waals surface area contributed by atoms with Gasteiger partial charge in [0.1, 0.15) is 5.69 Å². The maximum Gasteiger partial charge on any atom is 0.308 e. The van der Waals surface area contributed by atoms with Crippen molar-refractivity contribution in [1.29, 1.82) is 0 Å². The second-order valence-corrected chi connectivity index (χ2v) is 5.27. The zero-order chi connectivity index (χ0) is 12.4. The van der Waals surface area contributed by atoms with Gasteiger partial charge in [0.2, 0.25) is 0 Å². The number of hydrogen-bond donors (Lipinski definition) is 2. The first-order chi connectivity index (χ1) is 8.09. The molecule has 1 heterocycles. The minimum absolute atomic E-state index is 0.262. The highest BCUT2D eigenvalue weighted by Gasteiger charge is 2.34. The fraction of sp³-hybridized carbons (Fsp3) is 0.545. The van der Waals surface area contributed by atoms with Crippen molar-refractivity contribution in [2.24, 2.45) is 5.92 Å². The monoisotopic (exact) mass is 254 g/mol. The minimum atomic E-state index is -0.831. The predicted octanol–water partition coefficient (Wildman–Crippen LogP) is 1.43. The highest BCUT2D eigenvalue weighted by atomic mass is 32.1. The van der Waals surface area contributed by atoms with E-state index in [-0.39, 0.29) is 11.9 Å². The van der Waals surface area contributed by atoms with Crippen molar-refractivity contribution in [2.45, 2.75) is 32.2 Å². The molecule has 1 aromatic rings. The summed E-state index contributed by atoms with van der Waals surface area (Å²) < 4.78 is 0. The average molecular weight is 254 g/mol. The fourth-order valence-corrected chi connectivity index (χ4v) is 2.76. The SMILES string of the molecule is Cc1scnc1C(=O)NC1CCCC1C(=O)O. The van der Waals surface area contributed by atoms with E-state index in [1.165, 1.54) is 11.3 Å². The summed E-state index contributed by atoms with van der Waals surface area (Å²) in [6, 6.07) is -0.263. The molecule has 6 heteroatoms. The molecular formula is C11H14N2O3S. The Kier molecular flexibility index (Phi) is 3.42. The average Bonchev–Trinajstić information content (AvgIpc) is 2.86. The lowest BCUT2D eigenvalue weighted by molar-refractivity contribution is -0.142. The second kappa shape index (κ2) is 4.83. The summed E-state index contributed by atoms with van der Waals surface area (Å²) in [6.07, 6.45) is 2.21. The molecule has 0 spiro atoms. The molecule has 2 unspecified atom stereocenters. The van der Waals surface area contributed by atoms with E-state index < -0.39 is 11.9 Å². The van der Waals surface area contributed by atoms with Gasteiger partial charge in [0.25, 0.3) is 5.91 Å². The van der Waals surface area contributed by atoms with Crippen molar-refractivity contribution in [3.05, 3.63) is 16.1 Å². The Morgan fingerprint density at radius 3 is 2.88 bits per heavy atom. The molecule has 2 atom stereocenters. The van der Waals surface area contributed by atoms with Crippen LogP contribution in [0, 0.1) is 12.8 Å². The van der Waals surface area contributed by atoms with Crippen molar-refractivity contribution < 1.29 is 14.7 Å². The number of carboxylic acid groups (broad SMARTS) is 1. The van der Waals surface area contributed by atoms with Crippen LogP contribution in [0.25, 0.3) is 0 Å². The van der Waals surface area contributed by atoms with Gasteiger partial charge in [-0.15, -0.1) is 11.3 Å². The molecule has 1 aliphatic carbocycles. The fourth-order valence-electron chi connectivity index (χ4n) is 2.19. The number of carbonyl (C=O) groups excluding carboxylic acids is 1. The number of aromatic nitrogens is 1. The van der Waals surface area contributed by atoms with Crippen molar-refractivity contribution in [2.75, 3.05) is 0 Å². The lowest BCUT2D eigenvalue weighted by Gasteiger charge is -2.16. The molecule has 1 aromatic heterocycles. The maximum atomic E-state index is 11.9. The Balaban J connectivity index is 2.04. The molecule has 0 saturated heterocycles. The zero-order valence-corrected chi connectivity index (χ0v) is 10.3. The van der Waals surface area contributed by atoms with E-state index in [1.807, 2.05) is 6.92 Å². The maximum absolute atomic E-state index is 11.9. The van der Waals surface area contributed by atoms with Crippen molar-refractivity contribution in [3.8, 4) is 0 Å². The summed E-state index contributed by atoms with van der Waals surface area (Å²) in [4.78, 5) is 27.7. The van der Waals surface area contributed by atoms with Gasteiger partial charge in [0, 0.05) is 10.9 Å². The highest BCUT2D eigenvalue weighted by molar-refractivity contribution is 7.09. The molecule has 1 fully saturated rings. The van der Waals surface area contributed by atoms with Crippen LogP contribution in [-0.2, 0) is 4.79 Å². The van der Waals surface area contributed by atoms with E-state index in [0.717, 1.165) is 17.7 Å². The van der Waals surface area contributed by atoms with Crippen molar-refractivity contribution in [3.63, 3.8) is 0 Å². The van der Waals surface area contributed by atoms with Crippen LogP contribution in [0.1, 0.15) is 34.6 Å². The number of amides is 1. The number of aliphatic carboxylic acids is 1. The summed E-state index contributed by atoms with van der Waals surface area (Å²) >= 11 is 1.41. The highest BCUT2D eigenvalue weighted by Crippen LogP contribution is 2.26. The number of aryl methyl sites for hydroxylation is 1. The Bertz CT molecular complexity index is 444. The number of rotatable bonds is 3. The molecule has 0 radical (unpaired) electrons. The van der Waals surface area contributed by atoms with E-state index in [9.17, 15) is 9.59 Å². The van der Waals surface area contributed by atoms with Gasteiger partial charge in [0.15, 0.2) is 0 Å². The van der Waals surface area contributed by atoms with Gasteiger partial charge in [-0.25, -0.2) is 4.98 Å². The number of thiazole rings is 1. The van der Waals surface area contributed by atoms with Gasteiger partial charge in [-0.1, -0.05) is 6.42 Å². The molecule has 0 aromatic carbocycles. The first kappa shape index (κ1) is 12.0. The van der Waals surface area contributed by atoms with E-state index >= 15 is 0 Å². The smallest absolute Gasteiger partial charge is 0.308 e. The number of carboxylic acids is 1. The molecule has 0 bridgehead atoms.